The molecule has 4 nitrogen and oxygen atoms in total. The number of aryl methyl sites for hydroxylation is 2. The molecule has 0 spiro atoms. The lowest BCUT2D eigenvalue weighted by Gasteiger charge is -2.27. The fourth-order valence-electron chi connectivity index (χ4n) is 3.75. The van der Waals surface area contributed by atoms with Gasteiger partial charge in [0.15, 0.2) is 0 Å². The number of nitrogens with one attached hydrogen (secondary N) is 1. The molecule has 1 aliphatic heterocycles. The summed E-state index contributed by atoms with van der Waals surface area (Å²) in [6.45, 7) is 6.88. The Kier molecular flexibility index (Phi) is 4.93. The van der Waals surface area contributed by atoms with E-state index in [1.807, 2.05) is 25.1 Å². The van der Waals surface area contributed by atoms with Crippen LogP contribution in [0.15, 0.2) is 18.2 Å². The molecule has 1 saturated carbocycles. The van der Waals surface area contributed by atoms with Gasteiger partial charge in [-0.1, -0.05) is 13.0 Å². The minimum Gasteiger partial charge on any atom is -0.353 e. The third-order valence-electron chi connectivity index (χ3n) is 5.66. The molecule has 1 aromatic rings. The molecular formula is C20H28N2O2. The first-order valence-electron chi connectivity index (χ1n) is 9.12. The van der Waals surface area contributed by atoms with E-state index >= 15 is 0 Å². The van der Waals surface area contributed by atoms with Crippen molar-refractivity contribution < 1.29 is 9.59 Å². The third kappa shape index (κ3) is 3.63. The quantitative estimate of drug-likeness (QED) is 0.925. The van der Waals surface area contributed by atoms with Crippen molar-refractivity contribution in [1.29, 1.82) is 0 Å². The highest BCUT2D eigenvalue weighted by Crippen LogP contribution is 2.28. The van der Waals surface area contributed by atoms with Gasteiger partial charge in [0.25, 0.3) is 0 Å². The second kappa shape index (κ2) is 6.96. The first-order valence-corrected chi connectivity index (χ1v) is 9.12. The van der Waals surface area contributed by atoms with E-state index in [1.165, 1.54) is 24.0 Å². The van der Waals surface area contributed by atoms with Crippen molar-refractivity contribution in [3.63, 3.8) is 0 Å². The van der Waals surface area contributed by atoms with Gasteiger partial charge < -0.3 is 10.2 Å². The molecule has 1 N–H and O–H groups in total. The lowest BCUT2D eigenvalue weighted by Crippen LogP contribution is -2.41. The smallest absolute Gasteiger partial charge is 0.227 e. The van der Waals surface area contributed by atoms with Crippen LogP contribution >= 0.6 is 0 Å². The number of rotatable bonds is 3. The van der Waals surface area contributed by atoms with Gasteiger partial charge in [-0.3, -0.25) is 9.59 Å². The number of carbonyl (C=O) groups excluding carboxylic acids is 2. The van der Waals surface area contributed by atoms with Gasteiger partial charge in [-0.2, -0.15) is 0 Å². The number of anilines is 1. The summed E-state index contributed by atoms with van der Waals surface area (Å²) in [5.41, 5.74) is 3.29. The van der Waals surface area contributed by atoms with Crippen molar-refractivity contribution >= 4 is 17.5 Å². The standard InChI is InChI=1S/C20H28N2O2/c1-13-4-7-17(8-5-13)21-20(24)16-11-19(23)22(12-16)18-9-6-14(2)15(3)10-18/h6,9-10,13,16-17H,4-5,7-8,11-12H2,1-3H3,(H,21,24)/t13?,16-,17?/m0/s1. The summed E-state index contributed by atoms with van der Waals surface area (Å²) in [6, 6.07) is 6.34. The normalized spacial score (nSPS) is 27.4. The molecule has 1 heterocycles. The van der Waals surface area contributed by atoms with Crippen LogP contribution in [0.3, 0.4) is 0 Å². The van der Waals surface area contributed by atoms with E-state index in [0.29, 0.717) is 19.0 Å². The molecule has 1 saturated heterocycles. The highest BCUT2D eigenvalue weighted by atomic mass is 16.2. The van der Waals surface area contributed by atoms with E-state index in [1.54, 1.807) is 4.90 Å². The summed E-state index contributed by atoms with van der Waals surface area (Å²) in [7, 11) is 0. The number of nitrogens with zero attached hydrogens (tertiary/aromatic N) is 1. The van der Waals surface area contributed by atoms with Gasteiger partial charge in [-0.05, 0) is 68.7 Å². The topological polar surface area (TPSA) is 49.4 Å². The second-order valence-corrected chi connectivity index (χ2v) is 7.64. The predicted molar refractivity (Wildman–Crippen MR) is 95.9 cm³/mol. The van der Waals surface area contributed by atoms with Crippen molar-refractivity contribution in [2.75, 3.05) is 11.4 Å². The summed E-state index contributed by atoms with van der Waals surface area (Å²) in [5, 5.41) is 3.18. The summed E-state index contributed by atoms with van der Waals surface area (Å²) in [5.74, 6) is 0.648. The first-order chi connectivity index (χ1) is 11.4. The lowest BCUT2D eigenvalue weighted by atomic mass is 9.87. The van der Waals surface area contributed by atoms with E-state index < -0.39 is 0 Å². The Morgan fingerprint density at radius 2 is 1.83 bits per heavy atom. The van der Waals surface area contributed by atoms with Crippen molar-refractivity contribution in [2.45, 2.75) is 58.9 Å². The molecule has 1 aromatic carbocycles. The van der Waals surface area contributed by atoms with Gasteiger partial charge >= 0.3 is 0 Å². The fraction of sp³-hybridized carbons (Fsp3) is 0.600. The Morgan fingerprint density at radius 1 is 1.12 bits per heavy atom. The average Bonchev–Trinajstić information content (AvgIpc) is 2.94. The molecular weight excluding hydrogens is 300 g/mol. The van der Waals surface area contributed by atoms with E-state index in [4.69, 9.17) is 0 Å². The van der Waals surface area contributed by atoms with Gasteiger partial charge in [0, 0.05) is 24.7 Å². The Bertz CT molecular complexity index is 633. The zero-order chi connectivity index (χ0) is 17.3. The Morgan fingerprint density at radius 3 is 2.50 bits per heavy atom. The van der Waals surface area contributed by atoms with Crippen LogP contribution in [0.5, 0.6) is 0 Å². The lowest BCUT2D eigenvalue weighted by molar-refractivity contribution is -0.127. The molecule has 0 radical (unpaired) electrons. The molecule has 4 heteroatoms. The Balaban J connectivity index is 1.61. The minimum absolute atomic E-state index is 0.0502. The molecule has 2 fully saturated rings. The molecule has 0 bridgehead atoms. The highest BCUT2D eigenvalue weighted by Gasteiger charge is 2.36. The minimum atomic E-state index is -0.224. The van der Waals surface area contributed by atoms with Gasteiger partial charge in [0.05, 0.1) is 5.92 Å². The van der Waals surface area contributed by atoms with E-state index in [9.17, 15) is 9.59 Å². The van der Waals surface area contributed by atoms with Crippen LogP contribution in [0.4, 0.5) is 5.69 Å². The first kappa shape index (κ1) is 17.0. The molecule has 130 valence electrons. The maximum atomic E-state index is 12.5. The van der Waals surface area contributed by atoms with Crippen LogP contribution in [-0.2, 0) is 9.59 Å². The zero-order valence-corrected chi connectivity index (χ0v) is 15.0. The van der Waals surface area contributed by atoms with Gasteiger partial charge in [0.1, 0.15) is 0 Å². The maximum absolute atomic E-state index is 12.5. The van der Waals surface area contributed by atoms with Crippen LogP contribution in [0.25, 0.3) is 0 Å². The van der Waals surface area contributed by atoms with Crippen LogP contribution in [0.2, 0.25) is 0 Å². The third-order valence-corrected chi connectivity index (χ3v) is 5.66. The molecule has 2 aliphatic rings. The SMILES string of the molecule is Cc1ccc(N2C[C@@H](C(=O)NC3CCC(C)CC3)CC2=O)cc1C. The van der Waals surface area contributed by atoms with Crippen LogP contribution in [0.1, 0.15) is 50.2 Å². The van der Waals surface area contributed by atoms with Crippen LogP contribution in [0, 0.1) is 25.7 Å². The van der Waals surface area contributed by atoms with E-state index in [2.05, 4.69) is 19.2 Å². The Hall–Kier alpha value is -1.84. The van der Waals surface area contributed by atoms with Gasteiger partial charge in [-0.15, -0.1) is 0 Å². The number of carbonyl (C=O) groups is 2. The van der Waals surface area contributed by atoms with Crippen LogP contribution < -0.4 is 10.2 Å². The number of hydrogen-bond acceptors (Lipinski definition) is 2. The molecule has 0 aromatic heterocycles. The highest BCUT2D eigenvalue weighted by molar-refractivity contribution is 6.00. The number of benzene rings is 1. The molecule has 2 amide bonds. The molecule has 24 heavy (non-hydrogen) atoms. The zero-order valence-electron chi connectivity index (χ0n) is 15.0. The van der Waals surface area contributed by atoms with E-state index in [0.717, 1.165) is 24.4 Å². The van der Waals surface area contributed by atoms with Gasteiger partial charge in [0.2, 0.25) is 11.8 Å². The van der Waals surface area contributed by atoms with E-state index in [-0.39, 0.29) is 17.7 Å². The molecule has 1 atom stereocenters. The summed E-state index contributed by atoms with van der Waals surface area (Å²) in [4.78, 5) is 26.7. The molecule has 3 rings (SSSR count). The predicted octanol–water partition coefficient (Wildman–Crippen LogP) is 3.35. The summed E-state index contributed by atoms with van der Waals surface area (Å²) >= 11 is 0. The molecule has 1 aliphatic carbocycles. The second-order valence-electron chi connectivity index (χ2n) is 7.64. The van der Waals surface area contributed by atoms with Gasteiger partial charge in [-0.25, -0.2) is 0 Å². The largest absolute Gasteiger partial charge is 0.353 e. The van der Waals surface area contributed by atoms with Crippen molar-refractivity contribution in [1.82, 2.24) is 5.32 Å². The summed E-state index contributed by atoms with van der Waals surface area (Å²) in [6.07, 6.45) is 4.82. The van der Waals surface area contributed by atoms with Crippen LogP contribution in [-0.4, -0.2) is 24.4 Å². The number of hydrogen-bond donors (Lipinski definition) is 1. The fourth-order valence-corrected chi connectivity index (χ4v) is 3.75. The number of amides is 2. The van der Waals surface area contributed by atoms with Crippen molar-refractivity contribution in [2.24, 2.45) is 11.8 Å². The monoisotopic (exact) mass is 328 g/mol. The summed E-state index contributed by atoms with van der Waals surface area (Å²) < 4.78 is 0. The average molecular weight is 328 g/mol. The molecule has 0 unspecified atom stereocenters. The Labute approximate surface area is 144 Å². The maximum Gasteiger partial charge on any atom is 0.227 e. The van der Waals surface area contributed by atoms with Crippen molar-refractivity contribution in [3.05, 3.63) is 29.3 Å². The van der Waals surface area contributed by atoms with Crippen molar-refractivity contribution in [3.8, 4) is 0 Å².